The zero-order valence-corrected chi connectivity index (χ0v) is 17.6. The molecule has 29 heavy (non-hydrogen) atoms. The second kappa shape index (κ2) is 8.27. The Balaban J connectivity index is 1.62. The Morgan fingerprint density at radius 2 is 1.55 bits per heavy atom. The molecule has 4 nitrogen and oxygen atoms in total. The fourth-order valence-electron chi connectivity index (χ4n) is 3.02. The summed E-state index contributed by atoms with van der Waals surface area (Å²) in [5.74, 6) is 0.819. The van der Waals surface area contributed by atoms with Crippen molar-refractivity contribution in [3.63, 3.8) is 0 Å². The summed E-state index contributed by atoms with van der Waals surface area (Å²) in [5.41, 5.74) is 1.03. The van der Waals surface area contributed by atoms with E-state index < -0.39 is 0 Å². The molecule has 0 bridgehead atoms. The summed E-state index contributed by atoms with van der Waals surface area (Å²) in [6, 6.07) is 20.2. The van der Waals surface area contributed by atoms with Crippen molar-refractivity contribution >= 4 is 46.2 Å². The second-order valence-electron chi connectivity index (χ2n) is 6.70. The van der Waals surface area contributed by atoms with Crippen molar-refractivity contribution in [2.75, 3.05) is 4.90 Å². The monoisotopic (exact) mass is 421 g/mol. The number of ether oxygens (including phenoxy) is 1. The molecule has 6 heteroatoms. The molecule has 0 spiro atoms. The van der Waals surface area contributed by atoms with Crippen LogP contribution in [0.4, 0.5) is 5.69 Å². The lowest BCUT2D eigenvalue weighted by Gasteiger charge is -2.16. The number of thiophene rings is 1. The number of para-hydroxylation sites is 1. The predicted molar refractivity (Wildman–Crippen MR) is 119 cm³/mol. The average molecular weight is 422 g/mol. The third-order valence-corrected chi connectivity index (χ3v) is 6.21. The molecule has 0 fully saturated rings. The molecule has 0 saturated carbocycles. The summed E-state index contributed by atoms with van der Waals surface area (Å²) in [6.45, 7) is 4.03. The molecule has 3 aromatic rings. The van der Waals surface area contributed by atoms with E-state index >= 15 is 0 Å². The summed E-state index contributed by atoms with van der Waals surface area (Å²) < 4.78 is 5.80. The number of thioether (sulfide) groups is 1. The molecule has 146 valence electrons. The Morgan fingerprint density at radius 1 is 0.862 bits per heavy atom. The lowest BCUT2D eigenvalue weighted by atomic mass is 10.2. The highest BCUT2D eigenvalue weighted by molar-refractivity contribution is 8.04. The molecule has 2 amide bonds. The Labute approximate surface area is 177 Å². The zero-order valence-electron chi connectivity index (χ0n) is 16.0. The SMILES string of the molecule is CC(C)SC1=C(c2cccs2)C(=O)N(c2ccc(Oc3ccccc3)cc2)C1=O. The molecule has 2 heterocycles. The highest BCUT2D eigenvalue weighted by Crippen LogP contribution is 2.41. The maximum Gasteiger partial charge on any atom is 0.272 e. The molecule has 4 rings (SSSR count). The fourth-order valence-corrected chi connectivity index (χ4v) is 4.83. The van der Waals surface area contributed by atoms with Gasteiger partial charge < -0.3 is 4.74 Å². The van der Waals surface area contributed by atoms with Gasteiger partial charge in [-0.05, 0) is 47.8 Å². The molecule has 0 radical (unpaired) electrons. The van der Waals surface area contributed by atoms with Gasteiger partial charge in [0, 0.05) is 10.1 Å². The maximum absolute atomic E-state index is 13.2. The quantitative estimate of drug-likeness (QED) is 0.460. The van der Waals surface area contributed by atoms with Gasteiger partial charge in [0.15, 0.2) is 0 Å². The van der Waals surface area contributed by atoms with E-state index in [0.29, 0.717) is 21.9 Å². The van der Waals surface area contributed by atoms with E-state index in [1.165, 1.54) is 28.0 Å². The van der Waals surface area contributed by atoms with Gasteiger partial charge in [-0.1, -0.05) is 38.1 Å². The first-order valence-electron chi connectivity index (χ1n) is 9.21. The van der Waals surface area contributed by atoms with Crippen LogP contribution in [0.1, 0.15) is 18.7 Å². The van der Waals surface area contributed by atoms with Gasteiger partial charge in [-0.2, -0.15) is 0 Å². The lowest BCUT2D eigenvalue weighted by Crippen LogP contribution is -2.31. The Kier molecular flexibility index (Phi) is 5.56. The molecule has 1 aromatic heterocycles. The van der Waals surface area contributed by atoms with E-state index in [1.54, 1.807) is 24.3 Å². The van der Waals surface area contributed by atoms with E-state index in [1.807, 2.05) is 61.7 Å². The van der Waals surface area contributed by atoms with Crippen molar-refractivity contribution < 1.29 is 14.3 Å². The molecule has 0 unspecified atom stereocenters. The number of anilines is 1. The van der Waals surface area contributed by atoms with Gasteiger partial charge in [0.25, 0.3) is 11.8 Å². The van der Waals surface area contributed by atoms with E-state index in [0.717, 1.165) is 10.6 Å². The first-order valence-corrected chi connectivity index (χ1v) is 11.0. The highest BCUT2D eigenvalue weighted by atomic mass is 32.2. The van der Waals surface area contributed by atoms with Crippen LogP contribution in [0.15, 0.2) is 77.0 Å². The summed E-state index contributed by atoms with van der Waals surface area (Å²) >= 11 is 2.90. The van der Waals surface area contributed by atoms with Crippen LogP contribution in [0.3, 0.4) is 0 Å². The van der Waals surface area contributed by atoms with E-state index in [-0.39, 0.29) is 17.1 Å². The van der Waals surface area contributed by atoms with Crippen molar-refractivity contribution in [1.29, 1.82) is 0 Å². The van der Waals surface area contributed by atoms with E-state index in [2.05, 4.69) is 0 Å². The minimum atomic E-state index is -0.280. The van der Waals surface area contributed by atoms with Gasteiger partial charge >= 0.3 is 0 Å². The standard InChI is InChI=1S/C23H19NO3S2/c1-15(2)29-21-20(19-9-6-14-28-19)22(25)24(23(21)26)16-10-12-18(13-11-16)27-17-7-4-3-5-8-17/h3-15H,1-2H3. The summed E-state index contributed by atoms with van der Waals surface area (Å²) in [6.07, 6.45) is 0. The first-order chi connectivity index (χ1) is 14.0. The van der Waals surface area contributed by atoms with E-state index in [4.69, 9.17) is 4.74 Å². The van der Waals surface area contributed by atoms with Gasteiger partial charge in [-0.15, -0.1) is 23.1 Å². The van der Waals surface area contributed by atoms with Crippen LogP contribution >= 0.6 is 23.1 Å². The van der Waals surface area contributed by atoms with Crippen LogP contribution in [-0.2, 0) is 9.59 Å². The molecule has 2 aromatic carbocycles. The number of hydrogen-bond acceptors (Lipinski definition) is 5. The molecular formula is C23H19NO3S2. The Morgan fingerprint density at radius 3 is 2.17 bits per heavy atom. The molecule has 0 aliphatic carbocycles. The van der Waals surface area contributed by atoms with E-state index in [9.17, 15) is 9.59 Å². The molecule has 0 atom stereocenters. The van der Waals surface area contributed by atoms with Crippen molar-refractivity contribution in [3.8, 4) is 11.5 Å². The fraction of sp³-hybridized carbons (Fsp3) is 0.130. The first kappa shape index (κ1) is 19.5. The number of carbonyl (C=O) groups excluding carboxylic acids is 2. The zero-order chi connectivity index (χ0) is 20.4. The van der Waals surface area contributed by atoms with Crippen LogP contribution in [-0.4, -0.2) is 17.1 Å². The number of imide groups is 1. The van der Waals surface area contributed by atoms with Crippen molar-refractivity contribution in [2.24, 2.45) is 0 Å². The second-order valence-corrected chi connectivity index (χ2v) is 9.24. The normalized spacial score (nSPS) is 14.2. The number of benzene rings is 2. The third kappa shape index (κ3) is 3.99. The van der Waals surface area contributed by atoms with Crippen LogP contribution in [0.5, 0.6) is 11.5 Å². The number of carbonyl (C=O) groups is 2. The maximum atomic E-state index is 13.2. The van der Waals surface area contributed by atoms with Crippen molar-refractivity contribution in [3.05, 3.63) is 81.9 Å². The molecule has 1 aliphatic heterocycles. The smallest absolute Gasteiger partial charge is 0.272 e. The van der Waals surface area contributed by atoms with Gasteiger partial charge in [0.05, 0.1) is 16.2 Å². The van der Waals surface area contributed by atoms with Crippen molar-refractivity contribution in [2.45, 2.75) is 19.1 Å². The van der Waals surface area contributed by atoms with Gasteiger partial charge in [-0.25, -0.2) is 4.90 Å². The minimum Gasteiger partial charge on any atom is -0.457 e. The van der Waals surface area contributed by atoms with Gasteiger partial charge in [-0.3, -0.25) is 9.59 Å². The Hall–Kier alpha value is -2.83. The summed E-state index contributed by atoms with van der Waals surface area (Å²) in [5, 5.41) is 2.11. The summed E-state index contributed by atoms with van der Waals surface area (Å²) in [4.78, 5) is 28.9. The molecule has 0 saturated heterocycles. The van der Waals surface area contributed by atoms with Crippen LogP contribution in [0.2, 0.25) is 0 Å². The van der Waals surface area contributed by atoms with Crippen LogP contribution in [0, 0.1) is 0 Å². The molecule has 1 aliphatic rings. The molecular weight excluding hydrogens is 402 g/mol. The van der Waals surface area contributed by atoms with Crippen LogP contribution < -0.4 is 9.64 Å². The number of amides is 2. The highest BCUT2D eigenvalue weighted by Gasteiger charge is 2.40. The lowest BCUT2D eigenvalue weighted by molar-refractivity contribution is -0.119. The minimum absolute atomic E-state index is 0.193. The third-order valence-electron chi connectivity index (χ3n) is 4.24. The number of rotatable bonds is 6. The predicted octanol–water partition coefficient (Wildman–Crippen LogP) is 5.97. The summed E-state index contributed by atoms with van der Waals surface area (Å²) in [7, 11) is 0. The number of nitrogens with zero attached hydrogens (tertiary/aromatic N) is 1. The van der Waals surface area contributed by atoms with Gasteiger partial charge in [0.2, 0.25) is 0 Å². The topological polar surface area (TPSA) is 46.6 Å². The molecule has 0 N–H and O–H groups in total. The number of hydrogen-bond donors (Lipinski definition) is 0. The Bertz CT molecular complexity index is 1060. The largest absolute Gasteiger partial charge is 0.457 e. The average Bonchev–Trinajstić information content (AvgIpc) is 3.30. The van der Waals surface area contributed by atoms with Crippen molar-refractivity contribution in [1.82, 2.24) is 0 Å². The van der Waals surface area contributed by atoms with Crippen LogP contribution in [0.25, 0.3) is 5.57 Å². The van der Waals surface area contributed by atoms with Gasteiger partial charge in [0.1, 0.15) is 11.5 Å².